The zero-order valence-electron chi connectivity index (χ0n) is 19.3. The summed E-state index contributed by atoms with van der Waals surface area (Å²) in [6.07, 6.45) is -2.09. The van der Waals surface area contributed by atoms with Crippen LogP contribution >= 0.6 is 0 Å². The Morgan fingerprint density at radius 3 is 2.80 bits per heavy atom. The third kappa shape index (κ3) is 5.27. The molecule has 2 aromatic heterocycles. The third-order valence-electron chi connectivity index (χ3n) is 6.82. The topological polar surface area (TPSA) is 83.1 Å². The third-order valence-corrected chi connectivity index (χ3v) is 6.82. The van der Waals surface area contributed by atoms with E-state index in [0.717, 1.165) is 41.1 Å². The number of carbonyl (C=O) groups excluding carboxylic acids is 1. The van der Waals surface area contributed by atoms with Crippen LogP contribution in [0.5, 0.6) is 0 Å². The first-order valence-electron chi connectivity index (χ1n) is 12.0. The Kier molecular flexibility index (Phi) is 6.64. The molecule has 1 fully saturated rings. The van der Waals surface area contributed by atoms with Crippen molar-refractivity contribution in [3.63, 3.8) is 0 Å². The highest BCUT2D eigenvalue weighted by molar-refractivity contribution is 5.95. The molecule has 186 valence electrons. The number of rotatable bonds is 7. The van der Waals surface area contributed by atoms with Crippen molar-refractivity contribution in [2.45, 2.75) is 44.7 Å². The van der Waals surface area contributed by atoms with Gasteiger partial charge in [0.25, 0.3) is 0 Å². The Morgan fingerprint density at radius 2 is 2.00 bits per heavy atom. The van der Waals surface area contributed by atoms with Gasteiger partial charge in [0.05, 0.1) is 30.0 Å². The average Bonchev–Trinajstić information content (AvgIpc) is 3.23. The van der Waals surface area contributed by atoms with Crippen LogP contribution in [0.4, 0.5) is 30.4 Å². The molecule has 7 nitrogen and oxygen atoms in total. The van der Waals surface area contributed by atoms with Crippen molar-refractivity contribution in [3.05, 3.63) is 41.9 Å². The number of hydrogen-bond donors (Lipinski definition) is 2. The van der Waals surface area contributed by atoms with Gasteiger partial charge in [-0.25, -0.2) is 9.97 Å². The van der Waals surface area contributed by atoms with E-state index in [9.17, 15) is 18.0 Å². The fraction of sp³-hybridized carbons (Fsp3) is 0.480. The van der Waals surface area contributed by atoms with Gasteiger partial charge in [-0.2, -0.15) is 13.2 Å². The van der Waals surface area contributed by atoms with Gasteiger partial charge in [-0.3, -0.25) is 4.79 Å². The zero-order chi connectivity index (χ0) is 24.4. The standard InChI is InChI=1S/C25H28F3N5O2/c26-25(27,28)9-3-6-21(34)16-7-8-18-17(14-16)22-23(31-18)29-15-30-24(22)32-19-4-1-2-5-20(19)33-10-12-35-13-11-33/h1-2,4-5,15-16H,3,6-14H2,(H2,29,30,31,32). The molecule has 0 saturated carbocycles. The van der Waals surface area contributed by atoms with Crippen molar-refractivity contribution in [2.75, 3.05) is 36.5 Å². The quantitative estimate of drug-likeness (QED) is 0.491. The van der Waals surface area contributed by atoms with Crippen LogP contribution in [0.15, 0.2) is 30.6 Å². The lowest BCUT2D eigenvalue weighted by atomic mass is 9.82. The molecule has 1 atom stereocenters. The number of Topliss-reactive ketones (excluding diaryl/α,β-unsaturated/α-hetero) is 1. The number of morpholine rings is 1. The van der Waals surface area contributed by atoms with Crippen LogP contribution in [0.2, 0.25) is 0 Å². The van der Waals surface area contributed by atoms with Crippen molar-refractivity contribution in [1.29, 1.82) is 0 Å². The number of aromatic nitrogens is 3. The molecule has 0 radical (unpaired) electrons. The first kappa shape index (κ1) is 23.6. The van der Waals surface area contributed by atoms with Gasteiger partial charge in [0.1, 0.15) is 23.6 Å². The molecule has 0 spiro atoms. The number of anilines is 3. The highest BCUT2D eigenvalue weighted by Gasteiger charge is 2.31. The molecular formula is C25H28F3N5O2. The van der Waals surface area contributed by atoms with Crippen LogP contribution in [0.1, 0.15) is 36.9 Å². The molecule has 0 amide bonds. The predicted molar refractivity (Wildman–Crippen MR) is 127 cm³/mol. The van der Waals surface area contributed by atoms with E-state index in [1.165, 1.54) is 6.33 Å². The fourth-order valence-corrected chi connectivity index (χ4v) is 5.06. The number of halogens is 3. The largest absolute Gasteiger partial charge is 0.389 e. The van der Waals surface area contributed by atoms with E-state index in [0.29, 0.717) is 43.9 Å². The normalized spacial score (nSPS) is 18.5. The summed E-state index contributed by atoms with van der Waals surface area (Å²) in [5.41, 5.74) is 4.67. The molecule has 1 aromatic carbocycles. The number of hydrogen-bond acceptors (Lipinski definition) is 6. The van der Waals surface area contributed by atoms with Gasteiger partial charge in [0.15, 0.2) is 0 Å². The molecule has 5 rings (SSSR count). The van der Waals surface area contributed by atoms with E-state index < -0.39 is 12.6 Å². The van der Waals surface area contributed by atoms with E-state index in [1.807, 2.05) is 18.2 Å². The number of nitrogens with zero attached hydrogens (tertiary/aromatic N) is 3. The van der Waals surface area contributed by atoms with E-state index in [-0.39, 0.29) is 24.5 Å². The average molecular weight is 488 g/mol. The van der Waals surface area contributed by atoms with Crippen LogP contribution in [0, 0.1) is 5.92 Å². The number of nitrogens with one attached hydrogen (secondary N) is 2. The first-order chi connectivity index (χ1) is 16.9. The van der Waals surface area contributed by atoms with Crippen LogP contribution in [-0.4, -0.2) is 53.2 Å². The Bertz CT molecular complexity index is 1200. The summed E-state index contributed by atoms with van der Waals surface area (Å²) in [6.45, 7) is 2.96. The van der Waals surface area contributed by atoms with Crippen molar-refractivity contribution >= 4 is 34.0 Å². The SMILES string of the molecule is O=C(CCCC(F)(F)F)C1CCc2[nH]c3ncnc(Nc4ccccc4N4CCOCC4)c3c2C1. The fourth-order valence-electron chi connectivity index (χ4n) is 5.06. The summed E-state index contributed by atoms with van der Waals surface area (Å²) in [6, 6.07) is 8.03. The highest BCUT2D eigenvalue weighted by atomic mass is 19.4. The van der Waals surface area contributed by atoms with Crippen LogP contribution in [0.25, 0.3) is 11.0 Å². The lowest BCUT2D eigenvalue weighted by Gasteiger charge is -2.30. The summed E-state index contributed by atoms with van der Waals surface area (Å²) in [5.74, 6) is 0.264. The lowest BCUT2D eigenvalue weighted by molar-refractivity contribution is -0.137. The predicted octanol–water partition coefficient (Wildman–Crippen LogP) is 4.94. The summed E-state index contributed by atoms with van der Waals surface area (Å²) < 4.78 is 43.0. The van der Waals surface area contributed by atoms with Gasteiger partial charge in [0, 0.05) is 37.5 Å². The first-order valence-corrected chi connectivity index (χ1v) is 12.0. The van der Waals surface area contributed by atoms with Crippen molar-refractivity contribution in [1.82, 2.24) is 15.0 Å². The number of alkyl halides is 3. The molecule has 2 N–H and O–H groups in total. The summed E-state index contributed by atoms with van der Waals surface area (Å²) >= 11 is 0. The number of ketones is 1. The minimum atomic E-state index is -4.23. The highest BCUT2D eigenvalue weighted by Crippen LogP contribution is 2.37. The second-order valence-corrected chi connectivity index (χ2v) is 9.14. The van der Waals surface area contributed by atoms with Crippen molar-refractivity contribution in [2.24, 2.45) is 5.92 Å². The molecule has 35 heavy (non-hydrogen) atoms. The minimum Gasteiger partial charge on any atom is -0.378 e. The molecule has 1 aliphatic carbocycles. The maximum absolute atomic E-state index is 12.7. The number of aryl methyl sites for hydroxylation is 1. The second kappa shape index (κ2) is 9.85. The van der Waals surface area contributed by atoms with Crippen LogP contribution in [-0.2, 0) is 22.4 Å². The Labute approximate surface area is 201 Å². The molecular weight excluding hydrogens is 459 g/mol. The summed E-state index contributed by atoms with van der Waals surface area (Å²) in [5, 5.41) is 4.32. The number of benzene rings is 1. The number of carbonyl (C=O) groups is 1. The number of para-hydroxylation sites is 2. The Hall–Kier alpha value is -3.14. The molecule has 2 aliphatic rings. The summed E-state index contributed by atoms with van der Waals surface area (Å²) in [4.78, 5) is 27.3. The van der Waals surface area contributed by atoms with Gasteiger partial charge >= 0.3 is 6.18 Å². The number of H-pyrrole nitrogens is 1. The van der Waals surface area contributed by atoms with Gasteiger partial charge in [-0.15, -0.1) is 0 Å². The van der Waals surface area contributed by atoms with E-state index >= 15 is 0 Å². The minimum absolute atomic E-state index is 0.0452. The maximum Gasteiger partial charge on any atom is 0.389 e. The molecule has 10 heteroatoms. The Balaban J connectivity index is 1.39. The van der Waals surface area contributed by atoms with E-state index in [2.05, 4.69) is 31.2 Å². The Morgan fingerprint density at radius 1 is 1.20 bits per heavy atom. The number of aromatic amines is 1. The van der Waals surface area contributed by atoms with Gasteiger partial charge < -0.3 is 19.9 Å². The summed E-state index contributed by atoms with van der Waals surface area (Å²) in [7, 11) is 0. The smallest absolute Gasteiger partial charge is 0.378 e. The molecule has 1 unspecified atom stereocenters. The number of fused-ring (bicyclic) bond motifs is 3. The van der Waals surface area contributed by atoms with Crippen molar-refractivity contribution in [3.8, 4) is 0 Å². The molecule has 3 heterocycles. The van der Waals surface area contributed by atoms with Gasteiger partial charge in [0.2, 0.25) is 0 Å². The van der Waals surface area contributed by atoms with Gasteiger partial charge in [-0.1, -0.05) is 12.1 Å². The van der Waals surface area contributed by atoms with Gasteiger partial charge in [-0.05, 0) is 43.4 Å². The number of ether oxygens (including phenoxy) is 1. The second-order valence-electron chi connectivity index (χ2n) is 9.14. The van der Waals surface area contributed by atoms with Crippen LogP contribution < -0.4 is 10.2 Å². The molecule has 3 aromatic rings. The monoisotopic (exact) mass is 487 g/mol. The van der Waals surface area contributed by atoms with Crippen molar-refractivity contribution < 1.29 is 22.7 Å². The molecule has 1 saturated heterocycles. The van der Waals surface area contributed by atoms with E-state index in [1.54, 1.807) is 0 Å². The molecule has 1 aliphatic heterocycles. The van der Waals surface area contributed by atoms with Crippen LogP contribution in [0.3, 0.4) is 0 Å². The molecule has 0 bridgehead atoms. The van der Waals surface area contributed by atoms with E-state index in [4.69, 9.17) is 4.74 Å². The zero-order valence-corrected chi connectivity index (χ0v) is 19.3. The maximum atomic E-state index is 12.7. The lowest BCUT2D eigenvalue weighted by Crippen LogP contribution is -2.36.